The van der Waals surface area contributed by atoms with Crippen molar-refractivity contribution < 1.29 is 14.3 Å². The quantitative estimate of drug-likeness (QED) is 0.267. The number of methoxy groups -OCH3 is 1. The molecule has 0 radical (unpaired) electrons. The highest BCUT2D eigenvalue weighted by Gasteiger charge is 2.14. The number of carbonyl (C=O) groups excluding carboxylic acids is 1. The van der Waals surface area contributed by atoms with Crippen molar-refractivity contribution in [2.75, 3.05) is 54.1 Å². The molecule has 1 rings (SSSR count). The van der Waals surface area contributed by atoms with E-state index in [1.807, 2.05) is 0 Å². The second kappa shape index (κ2) is 12.9. The van der Waals surface area contributed by atoms with Crippen LogP contribution in [-0.2, 0) is 14.3 Å². The molecule has 1 fully saturated rings. The lowest BCUT2D eigenvalue weighted by Gasteiger charge is -2.23. The Kier molecular flexibility index (Phi) is 12.5. The normalized spacial score (nSPS) is 18.3. The third-order valence-corrected chi connectivity index (χ3v) is 3.24. The Morgan fingerprint density at radius 1 is 1.36 bits per heavy atom. The molecule has 0 aromatic rings. The topological polar surface area (TPSA) is 75.2 Å². The molecule has 130 valence electrons. The fraction of sp³-hybridized carbons (Fsp3) is 0.857. The van der Waals surface area contributed by atoms with Crippen molar-refractivity contribution in [1.82, 2.24) is 15.5 Å². The minimum Gasteiger partial charge on any atom is -0.383 e. The molecule has 22 heavy (non-hydrogen) atoms. The van der Waals surface area contributed by atoms with E-state index < -0.39 is 0 Å². The molecule has 2 N–H and O–H groups in total. The monoisotopic (exact) mass is 428 g/mol. The number of nitrogens with one attached hydrogen (secondary N) is 2. The molecule has 8 heteroatoms. The Balaban J connectivity index is 0.00000441. The summed E-state index contributed by atoms with van der Waals surface area (Å²) in [6, 6.07) is 0. The minimum absolute atomic E-state index is 0. The molecular formula is C14H29IN4O3. The Labute approximate surface area is 150 Å². The number of hydrogen-bond acceptors (Lipinski definition) is 4. The Morgan fingerprint density at radius 3 is 2.73 bits per heavy atom. The molecule has 0 aromatic heterocycles. The summed E-state index contributed by atoms with van der Waals surface area (Å²) in [4.78, 5) is 17.4. The molecule has 7 nitrogen and oxygen atoms in total. The average molecular weight is 428 g/mol. The van der Waals surface area contributed by atoms with Gasteiger partial charge in [-0.15, -0.1) is 24.0 Å². The van der Waals surface area contributed by atoms with Crippen LogP contribution in [0.3, 0.4) is 0 Å². The first-order valence-electron chi connectivity index (χ1n) is 7.46. The summed E-state index contributed by atoms with van der Waals surface area (Å²) < 4.78 is 10.7. The first kappa shape index (κ1) is 21.4. The van der Waals surface area contributed by atoms with Gasteiger partial charge in [0.15, 0.2) is 5.96 Å². The number of aliphatic imine (C=N–C) groups is 1. The van der Waals surface area contributed by atoms with Gasteiger partial charge in [-0.2, -0.15) is 0 Å². The SMILES string of the molecule is COCCNC(=NCC(=O)N(C)C)NCC1CCCCO1.I. The number of carbonyl (C=O) groups is 1. The molecule has 1 unspecified atom stereocenters. The van der Waals surface area contributed by atoms with Crippen molar-refractivity contribution in [2.45, 2.75) is 25.4 Å². The molecule has 0 aliphatic carbocycles. The summed E-state index contributed by atoms with van der Waals surface area (Å²) in [6.45, 7) is 2.89. The summed E-state index contributed by atoms with van der Waals surface area (Å²) in [5, 5.41) is 6.37. The van der Waals surface area contributed by atoms with Crippen molar-refractivity contribution in [3.05, 3.63) is 0 Å². The lowest BCUT2D eigenvalue weighted by molar-refractivity contribution is -0.127. The number of ether oxygens (including phenoxy) is 2. The second-order valence-corrected chi connectivity index (χ2v) is 5.24. The first-order valence-corrected chi connectivity index (χ1v) is 7.46. The van der Waals surface area contributed by atoms with Crippen LogP contribution < -0.4 is 10.6 Å². The smallest absolute Gasteiger partial charge is 0.243 e. The number of rotatable bonds is 7. The minimum atomic E-state index is -0.0308. The number of likely N-dealkylation sites (N-methyl/N-ethyl adjacent to an activating group) is 1. The standard InChI is InChI=1S/C14H28N4O3.HI/c1-18(2)13(19)11-17-14(15-7-9-20-3)16-10-12-6-4-5-8-21-12;/h12H,4-11H2,1-3H3,(H2,15,16,17);1H. The van der Waals surface area contributed by atoms with Gasteiger partial charge in [-0.1, -0.05) is 0 Å². The van der Waals surface area contributed by atoms with Gasteiger partial charge >= 0.3 is 0 Å². The van der Waals surface area contributed by atoms with Gasteiger partial charge in [0.25, 0.3) is 0 Å². The van der Waals surface area contributed by atoms with E-state index in [1.165, 1.54) is 11.3 Å². The Morgan fingerprint density at radius 2 is 2.14 bits per heavy atom. The van der Waals surface area contributed by atoms with Gasteiger partial charge in [0.1, 0.15) is 6.54 Å². The predicted molar refractivity (Wildman–Crippen MR) is 97.9 cm³/mol. The molecule has 0 saturated carbocycles. The maximum Gasteiger partial charge on any atom is 0.243 e. The van der Waals surface area contributed by atoms with Crippen LogP contribution >= 0.6 is 24.0 Å². The van der Waals surface area contributed by atoms with E-state index >= 15 is 0 Å². The first-order chi connectivity index (χ1) is 10.1. The molecular weight excluding hydrogens is 399 g/mol. The van der Waals surface area contributed by atoms with Gasteiger partial charge in [-0.25, -0.2) is 4.99 Å². The lowest BCUT2D eigenvalue weighted by Crippen LogP contribution is -2.44. The number of hydrogen-bond donors (Lipinski definition) is 2. The molecule has 1 amide bonds. The summed E-state index contributed by atoms with van der Waals surface area (Å²) in [7, 11) is 5.09. The predicted octanol–water partition coefficient (Wildman–Crippen LogP) is 0.443. The molecule has 0 spiro atoms. The summed E-state index contributed by atoms with van der Waals surface area (Å²) >= 11 is 0. The van der Waals surface area contributed by atoms with Crippen LogP contribution in [0.15, 0.2) is 4.99 Å². The molecule has 1 aliphatic rings. The maximum atomic E-state index is 11.6. The van der Waals surface area contributed by atoms with Crippen LogP contribution in [0.4, 0.5) is 0 Å². The summed E-state index contributed by atoms with van der Waals surface area (Å²) in [5.41, 5.74) is 0. The van der Waals surface area contributed by atoms with Crippen molar-refractivity contribution in [1.29, 1.82) is 0 Å². The zero-order chi connectivity index (χ0) is 15.5. The van der Waals surface area contributed by atoms with Gasteiger partial charge in [0, 0.05) is 40.9 Å². The van der Waals surface area contributed by atoms with E-state index in [9.17, 15) is 4.79 Å². The lowest BCUT2D eigenvalue weighted by atomic mass is 10.1. The molecule has 0 aromatic carbocycles. The van der Waals surface area contributed by atoms with Crippen molar-refractivity contribution in [3.8, 4) is 0 Å². The highest BCUT2D eigenvalue weighted by Crippen LogP contribution is 2.11. The summed E-state index contributed by atoms with van der Waals surface area (Å²) in [6.07, 6.45) is 3.63. The van der Waals surface area contributed by atoms with Gasteiger partial charge < -0.3 is 25.0 Å². The fourth-order valence-electron chi connectivity index (χ4n) is 1.91. The van der Waals surface area contributed by atoms with Gasteiger partial charge in [-0.05, 0) is 19.3 Å². The van der Waals surface area contributed by atoms with E-state index in [2.05, 4.69) is 15.6 Å². The number of halogens is 1. The van der Waals surface area contributed by atoms with Gasteiger partial charge in [0.05, 0.1) is 12.7 Å². The molecule has 1 saturated heterocycles. The van der Waals surface area contributed by atoms with Crippen LogP contribution in [-0.4, -0.2) is 76.9 Å². The van der Waals surface area contributed by atoms with Crippen LogP contribution in [0.25, 0.3) is 0 Å². The van der Waals surface area contributed by atoms with Crippen LogP contribution in [0.2, 0.25) is 0 Å². The second-order valence-electron chi connectivity index (χ2n) is 5.24. The Bertz CT molecular complexity index is 334. The number of guanidine groups is 1. The maximum absolute atomic E-state index is 11.6. The van der Waals surface area contributed by atoms with E-state index in [0.717, 1.165) is 19.4 Å². The van der Waals surface area contributed by atoms with E-state index in [1.54, 1.807) is 21.2 Å². The molecule has 1 heterocycles. The van der Waals surface area contributed by atoms with E-state index in [0.29, 0.717) is 25.7 Å². The third kappa shape index (κ3) is 9.42. The molecule has 0 bridgehead atoms. The zero-order valence-electron chi connectivity index (χ0n) is 13.8. The number of nitrogens with zero attached hydrogens (tertiary/aromatic N) is 2. The highest BCUT2D eigenvalue weighted by molar-refractivity contribution is 14.0. The molecule has 1 atom stereocenters. The highest BCUT2D eigenvalue weighted by atomic mass is 127. The van der Waals surface area contributed by atoms with Crippen LogP contribution in [0.1, 0.15) is 19.3 Å². The third-order valence-electron chi connectivity index (χ3n) is 3.24. The molecule has 1 aliphatic heterocycles. The number of amides is 1. The van der Waals surface area contributed by atoms with Gasteiger partial charge in [-0.3, -0.25) is 4.79 Å². The fourth-order valence-corrected chi connectivity index (χ4v) is 1.91. The van der Waals surface area contributed by atoms with Gasteiger partial charge in [0.2, 0.25) is 5.91 Å². The van der Waals surface area contributed by atoms with Crippen molar-refractivity contribution >= 4 is 35.8 Å². The largest absolute Gasteiger partial charge is 0.383 e. The van der Waals surface area contributed by atoms with Crippen LogP contribution in [0, 0.1) is 0 Å². The van der Waals surface area contributed by atoms with Crippen LogP contribution in [0.5, 0.6) is 0 Å². The summed E-state index contributed by atoms with van der Waals surface area (Å²) in [5.74, 6) is 0.591. The van der Waals surface area contributed by atoms with Crippen molar-refractivity contribution in [2.24, 2.45) is 4.99 Å². The zero-order valence-corrected chi connectivity index (χ0v) is 16.1. The Hall–Kier alpha value is -0.610. The van der Waals surface area contributed by atoms with E-state index in [-0.39, 0.29) is 42.5 Å². The average Bonchev–Trinajstić information content (AvgIpc) is 2.50. The van der Waals surface area contributed by atoms with Crippen molar-refractivity contribution in [3.63, 3.8) is 0 Å². The van der Waals surface area contributed by atoms with E-state index in [4.69, 9.17) is 9.47 Å².